The first kappa shape index (κ1) is 21.1. The predicted molar refractivity (Wildman–Crippen MR) is 92.3 cm³/mol. The molecular weight excluding hydrogens is 276 g/mol. The lowest BCUT2D eigenvalue weighted by atomic mass is 10.0. The molecule has 0 aromatic heterocycles. The van der Waals surface area contributed by atoms with Gasteiger partial charge in [-0.3, -0.25) is 9.59 Å². The standard InChI is InChI=1S/C18H35N2O2/c1-16(2)15-17(19)18(22)20-13-11-9-7-5-3-4-6-8-10-12-14-21/h16-17H,3-13,15,19H2,1-2H3,(H,20,22)/t17-/m0/s1. The highest BCUT2D eigenvalue weighted by atomic mass is 16.2. The number of hydrogen-bond donors (Lipinski definition) is 2. The molecule has 1 radical (unpaired) electrons. The van der Waals surface area contributed by atoms with E-state index in [0.29, 0.717) is 12.3 Å². The number of nitrogens with one attached hydrogen (secondary N) is 1. The first-order valence-electron chi connectivity index (χ1n) is 8.96. The van der Waals surface area contributed by atoms with E-state index in [1.54, 1.807) is 0 Å². The lowest BCUT2D eigenvalue weighted by Gasteiger charge is -2.14. The molecule has 1 atom stereocenters. The number of carbonyl (C=O) groups excluding carboxylic acids is 2. The number of unbranched alkanes of at least 4 members (excludes halogenated alkanes) is 9. The fourth-order valence-corrected chi connectivity index (χ4v) is 2.52. The van der Waals surface area contributed by atoms with E-state index < -0.39 is 0 Å². The maximum Gasteiger partial charge on any atom is 0.236 e. The second kappa shape index (κ2) is 15.0. The zero-order valence-electron chi connectivity index (χ0n) is 14.5. The van der Waals surface area contributed by atoms with Gasteiger partial charge < -0.3 is 11.1 Å². The SMILES string of the molecule is CC(C)C[C@H](N)C(=O)NCCCCCCCCCCC[C]=O. The minimum absolute atomic E-state index is 0.0127. The number of carbonyl (C=O) groups is 1. The summed E-state index contributed by atoms with van der Waals surface area (Å²) >= 11 is 0. The first-order valence-corrected chi connectivity index (χ1v) is 8.96. The smallest absolute Gasteiger partial charge is 0.236 e. The molecule has 0 aliphatic heterocycles. The molecule has 0 spiro atoms. The summed E-state index contributed by atoms with van der Waals surface area (Å²) in [5, 5.41) is 2.92. The zero-order valence-corrected chi connectivity index (χ0v) is 14.5. The average Bonchev–Trinajstić information content (AvgIpc) is 2.47. The van der Waals surface area contributed by atoms with Crippen molar-refractivity contribution in [2.24, 2.45) is 11.7 Å². The third-order valence-corrected chi connectivity index (χ3v) is 3.82. The van der Waals surface area contributed by atoms with E-state index in [1.807, 2.05) is 6.29 Å². The highest BCUT2D eigenvalue weighted by molar-refractivity contribution is 5.81. The van der Waals surface area contributed by atoms with Gasteiger partial charge in [0.15, 0.2) is 6.29 Å². The summed E-state index contributed by atoms with van der Waals surface area (Å²) in [6.45, 7) is 4.90. The summed E-state index contributed by atoms with van der Waals surface area (Å²) in [5.74, 6) is 0.443. The van der Waals surface area contributed by atoms with Crippen molar-refractivity contribution >= 4 is 12.2 Å². The van der Waals surface area contributed by atoms with Crippen molar-refractivity contribution in [2.45, 2.75) is 90.5 Å². The van der Waals surface area contributed by atoms with Gasteiger partial charge in [0.05, 0.1) is 6.04 Å². The van der Waals surface area contributed by atoms with Crippen molar-refractivity contribution in [2.75, 3.05) is 6.54 Å². The van der Waals surface area contributed by atoms with E-state index in [2.05, 4.69) is 19.2 Å². The van der Waals surface area contributed by atoms with Gasteiger partial charge in [0.1, 0.15) is 0 Å². The molecule has 1 amide bonds. The van der Waals surface area contributed by atoms with E-state index in [-0.39, 0.29) is 11.9 Å². The Morgan fingerprint density at radius 1 is 0.955 bits per heavy atom. The molecule has 0 saturated heterocycles. The van der Waals surface area contributed by atoms with Crippen LogP contribution in [0.15, 0.2) is 0 Å². The number of hydrogen-bond acceptors (Lipinski definition) is 3. The summed E-state index contributed by atoms with van der Waals surface area (Å²) in [5.41, 5.74) is 5.82. The van der Waals surface area contributed by atoms with Gasteiger partial charge in [0.2, 0.25) is 5.91 Å². The second-order valence-corrected chi connectivity index (χ2v) is 6.60. The van der Waals surface area contributed by atoms with Crippen molar-refractivity contribution in [1.29, 1.82) is 0 Å². The Balaban J connectivity index is 3.26. The van der Waals surface area contributed by atoms with Crippen molar-refractivity contribution in [3.8, 4) is 0 Å². The van der Waals surface area contributed by atoms with Crippen LogP contribution in [0, 0.1) is 5.92 Å². The van der Waals surface area contributed by atoms with Crippen LogP contribution in [0.5, 0.6) is 0 Å². The van der Waals surface area contributed by atoms with Gasteiger partial charge >= 0.3 is 0 Å². The summed E-state index contributed by atoms with van der Waals surface area (Å²) in [7, 11) is 0. The summed E-state index contributed by atoms with van der Waals surface area (Å²) in [6.07, 6.45) is 13.9. The summed E-state index contributed by atoms with van der Waals surface area (Å²) in [6, 6.07) is -0.364. The van der Waals surface area contributed by atoms with Crippen LogP contribution in [-0.4, -0.2) is 24.8 Å². The first-order chi connectivity index (χ1) is 10.6. The normalized spacial score (nSPS) is 12.4. The van der Waals surface area contributed by atoms with Crippen molar-refractivity contribution < 1.29 is 9.59 Å². The third kappa shape index (κ3) is 14.1. The molecule has 22 heavy (non-hydrogen) atoms. The van der Waals surface area contributed by atoms with Crippen LogP contribution in [0.3, 0.4) is 0 Å². The minimum atomic E-state index is -0.364. The number of amides is 1. The number of nitrogens with two attached hydrogens (primary N) is 1. The van der Waals surface area contributed by atoms with Crippen molar-refractivity contribution in [3.05, 3.63) is 0 Å². The van der Waals surface area contributed by atoms with Gasteiger partial charge in [-0.05, 0) is 25.2 Å². The van der Waals surface area contributed by atoms with Crippen molar-refractivity contribution in [3.63, 3.8) is 0 Å². The molecule has 0 fully saturated rings. The summed E-state index contributed by atoms with van der Waals surface area (Å²) in [4.78, 5) is 21.7. The Morgan fingerprint density at radius 2 is 1.45 bits per heavy atom. The van der Waals surface area contributed by atoms with Gasteiger partial charge in [-0.2, -0.15) is 0 Å². The summed E-state index contributed by atoms with van der Waals surface area (Å²) < 4.78 is 0. The molecule has 0 heterocycles. The van der Waals surface area contributed by atoms with Crippen LogP contribution in [0.4, 0.5) is 0 Å². The average molecular weight is 311 g/mol. The van der Waals surface area contributed by atoms with Crippen molar-refractivity contribution in [1.82, 2.24) is 5.32 Å². The van der Waals surface area contributed by atoms with E-state index >= 15 is 0 Å². The molecule has 0 unspecified atom stereocenters. The second-order valence-electron chi connectivity index (χ2n) is 6.60. The van der Waals surface area contributed by atoms with E-state index in [1.165, 1.54) is 38.5 Å². The lowest BCUT2D eigenvalue weighted by Crippen LogP contribution is -2.41. The van der Waals surface area contributed by atoms with Crippen LogP contribution in [0.2, 0.25) is 0 Å². The van der Waals surface area contributed by atoms with Crippen LogP contribution in [0.1, 0.15) is 84.5 Å². The molecule has 0 aliphatic carbocycles. The zero-order chi connectivity index (χ0) is 16.6. The van der Waals surface area contributed by atoms with Gasteiger partial charge in [-0.1, -0.05) is 58.8 Å². The maximum atomic E-state index is 11.7. The molecule has 3 N–H and O–H groups in total. The predicted octanol–water partition coefficient (Wildman–Crippen LogP) is 3.49. The molecule has 4 nitrogen and oxygen atoms in total. The third-order valence-electron chi connectivity index (χ3n) is 3.82. The van der Waals surface area contributed by atoms with Gasteiger partial charge in [0.25, 0.3) is 0 Å². The fraction of sp³-hybridized carbons (Fsp3) is 0.889. The van der Waals surface area contributed by atoms with E-state index in [0.717, 1.165) is 32.2 Å². The van der Waals surface area contributed by atoms with Crippen LogP contribution in [0.25, 0.3) is 0 Å². The molecule has 0 aromatic rings. The van der Waals surface area contributed by atoms with Gasteiger partial charge in [-0.15, -0.1) is 0 Å². The molecule has 129 valence electrons. The molecule has 0 aliphatic rings. The Hall–Kier alpha value is -0.900. The van der Waals surface area contributed by atoms with E-state index in [9.17, 15) is 9.59 Å². The molecule has 4 heteroatoms. The molecule has 0 bridgehead atoms. The molecule has 0 saturated carbocycles. The van der Waals surface area contributed by atoms with Crippen LogP contribution < -0.4 is 11.1 Å². The Bertz CT molecular complexity index is 280. The maximum absolute atomic E-state index is 11.7. The fourth-order valence-electron chi connectivity index (χ4n) is 2.52. The Labute approximate surface area is 136 Å². The molecular formula is C18H35N2O2. The lowest BCUT2D eigenvalue weighted by molar-refractivity contribution is -0.122. The Kier molecular flexibility index (Phi) is 14.4. The van der Waals surface area contributed by atoms with Gasteiger partial charge in [0, 0.05) is 13.0 Å². The van der Waals surface area contributed by atoms with Gasteiger partial charge in [-0.25, -0.2) is 0 Å². The number of rotatable bonds is 15. The van der Waals surface area contributed by atoms with Crippen LogP contribution >= 0.6 is 0 Å². The molecule has 0 aromatic carbocycles. The topological polar surface area (TPSA) is 72.2 Å². The quantitative estimate of drug-likeness (QED) is 0.455. The highest BCUT2D eigenvalue weighted by Gasteiger charge is 2.13. The Morgan fingerprint density at radius 3 is 1.95 bits per heavy atom. The highest BCUT2D eigenvalue weighted by Crippen LogP contribution is 2.10. The monoisotopic (exact) mass is 311 g/mol. The van der Waals surface area contributed by atoms with Crippen LogP contribution in [-0.2, 0) is 9.59 Å². The minimum Gasteiger partial charge on any atom is -0.355 e. The molecule has 0 rings (SSSR count). The van der Waals surface area contributed by atoms with E-state index in [4.69, 9.17) is 5.73 Å². The largest absolute Gasteiger partial charge is 0.355 e.